The number of aryl methyl sites for hydroxylation is 1. The molecule has 0 atom stereocenters. The van der Waals surface area contributed by atoms with Crippen molar-refractivity contribution in [3.63, 3.8) is 0 Å². The number of carbonyl (C=O) groups excluding carboxylic acids is 1. The van der Waals surface area contributed by atoms with Crippen LogP contribution in [0.4, 0.5) is 0 Å². The fourth-order valence-electron chi connectivity index (χ4n) is 1.57. The first-order chi connectivity index (χ1) is 10.5. The van der Waals surface area contributed by atoms with Gasteiger partial charge in [0, 0.05) is 0 Å². The van der Waals surface area contributed by atoms with E-state index in [0.717, 1.165) is 0 Å². The van der Waals surface area contributed by atoms with Gasteiger partial charge in [-0.2, -0.15) is 5.26 Å². The molecule has 22 heavy (non-hydrogen) atoms. The predicted octanol–water partition coefficient (Wildman–Crippen LogP) is 3.26. The molecule has 1 rings (SSSR count). The lowest BCUT2D eigenvalue weighted by Gasteiger charge is -2.14. The average molecular weight is 324 g/mol. The van der Waals surface area contributed by atoms with Crippen molar-refractivity contribution in [2.24, 2.45) is 5.16 Å². The van der Waals surface area contributed by atoms with Gasteiger partial charge in [0.05, 0.1) is 18.8 Å². The maximum Gasteiger partial charge on any atom is 0.393 e. The number of carbonyl (C=O) groups is 1. The van der Waals surface area contributed by atoms with Crippen molar-refractivity contribution in [2.45, 2.75) is 20.8 Å². The molecule has 0 unspecified atom stereocenters. The van der Waals surface area contributed by atoms with E-state index in [0.29, 0.717) is 11.1 Å². The van der Waals surface area contributed by atoms with Crippen molar-refractivity contribution in [1.29, 1.82) is 5.26 Å². The Labute approximate surface area is 129 Å². The molecular weight excluding hydrogens is 307 g/mol. The molecule has 0 radical (unpaired) electrons. The molecule has 0 amide bonds. The minimum atomic E-state index is -3.88. The molecule has 0 spiro atoms. The third-order valence-corrected chi connectivity index (χ3v) is 4.43. The molecule has 0 aromatic heterocycles. The minimum Gasteiger partial charge on any atom is -0.311 e. The fraction of sp³-hybridized carbons (Fsp3) is 0.357. The number of oxime groups is 1. The fourth-order valence-corrected chi connectivity index (χ4v) is 2.83. The Kier molecular flexibility index (Phi) is 6.93. The van der Waals surface area contributed by atoms with E-state index >= 15 is 0 Å². The second kappa shape index (κ2) is 8.44. The van der Waals surface area contributed by atoms with E-state index in [4.69, 9.17) is 19.1 Å². The summed E-state index contributed by atoms with van der Waals surface area (Å²) in [5, 5.41) is 12.4. The normalized spacial score (nSPS) is 11.8. The molecule has 1 aromatic carbocycles. The molecule has 8 heteroatoms. The summed E-state index contributed by atoms with van der Waals surface area (Å²) >= 11 is 0. The highest BCUT2D eigenvalue weighted by Gasteiger charge is 2.33. The highest BCUT2D eigenvalue weighted by atomic mass is 31.2. The summed E-state index contributed by atoms with van der Waals surface area (Å²) in [7, 11) is -3.88. The van der Waals surface area contributed by atoms with Crippen molar-refractivity contribution < 1.29 is 23.2 Å². The lowest BCUT2D eigenvalue weighted by molar-refractivity contribution is 0.0517. The highest BCUT2D eigenvalue weighted by molar-refractivity contribution is 7.73. The van der Waals surface area contributed by atoms with E-state index in [1.54, 1.807) is 51.1 Å². The van der Waals surface area contributed by atoms with Gasteiger partial charge in [0.1, 0.15) is 6.07 Å². The molecule has 0 bridgehead atoms. The van der Waals surface area contributed by atoms with Crippen molar-refractivity contribution in [2.75, 3.05) is 13.2 Å². The topological polar surface area (TPSA) is 98.0 Å². The van der Waals surface area contributed by atoms with Crippen LogP contribution in [0.5, 0.6) is 0 Å². The summed E-state index contributed by atoms with van der Waals surface area (Å²) in [4.78, 5) is 16.6. The van der Waals surface area contributed by atoms with Crippen LogP contribution in [0.3, 0.4) is 0 Å². The number of nitriles is 1. The summed E-state index contributed by atoms with van der Waals surface area (Å²) in [6.45, 7) is 5.05. The van der Waals surface area contributed by atoms with E-state index in [-0.39, 0.29) is 13.2 Å². The monoisotopic (exact) mass is 324 g/mol. The van der Waals surface area contributed by atoms with Gasteiger partial charge in [-0.1, -0.05) is 23.4 Å². The Morgan fingerprint density at radius 3 is 2.36 bits per heavy atom. The number of hydrogen-bond donors (Lipinski definition) is 0. The van der Waals surface area contributed by atoms with Crippen LogP contribution in [0.25, 0.3) is 0 Å². The molecule has 0 saturated carbocycles. The molecule has 7 nitrogen and oxygen atoms in total. The Hall–Kier alpha value is -2.00. The first kappa shape index (κ1) is 18.1. The van der Waals surface area contributed by atoms with Gasteiger partial charge in [0.15, 0.2) is 0 Å². The van der Waals surface area contributed by atoms with Gasteiger partial charge in [-0.25, -0.2) is 4.79 Å². The van der Waals surface area contributed by atoms with Crippen molar-refractivity contribution in [3.8, 4) is 6.07 Å². The van der Waals surface area contributed by atoms with Crippen molar-refractivity contribution in [1.82, 2.24) is 0 Å². The smallest absolute Gasteiger partial charge is 0.311 e. The molecule has 1 aromatic rings. The maximum atomic E-state index is 12.4. The van der Waals surface area contributed by atoms with Crippen LogP contribution >= 0.6 is 7.60 Å². The van der Waals surface area contributed by atoms with Crippen LogP contribution in [-0.4, -0.2) is 24.6 Å². The van der Waals surface area contributed by atoms with Gasteiger partial charge in [-0.15, -0.1) is 0 Å². The third-order valence-electron chi connectivity index (χ3n) is 2.54. The Morgan fingerprint density at radius 2 is 1.86 bits per heavy atom. The maximum absolute atomic E-state index is 12.4. The van der Waals surface area contributed by atoms with Crippen molar-refractivity contribution >= 4 is 19.0 Å². The van der Waals surface area contributed by atoms with E-state index in [9.17, 15) is 9.36 Å². The van der Waals surface area contributed by atoms with Crippen LogP contribution in [0.2, 0.25) is 0 Å². The molecule has 118 valence electrons. The molecule has 0 aliphatic carbocycles. The van der Waals surface area contributed by atoms with E-state index in [1.165, 1.54) is 0 Å². The molecule has 0 fully saturated rings. The SMILES string of the molecule is CCOP(=O)(OCC)/C(C#N)=N\OC(=O)c1ccccc1C. The molecule has 0 aliphatic rings. The van der Waals surface area contributed by atoms with Gasteiger partial charge in [-0.3, -0.25) is 4.57 Å². The molecular formula is C14H17N2O5P. The third kappa shape index (κ3) is 4.50. The van der Waals surface area contributed by atoms with Crippen LogP contribution in [-0.2, 0) is 18.5 Å². The van der Waals surface area contributed by atoms with Crippen LogP contribution in [0.15, 0.2) is 29.4 Å². The summed E-state index contributed by atoms with van der Waals surface area (Å²) < 4.78 is 22.3. The summed E-state index contributed by atoms with van der Waals surface area (Å²) in [6.07, 6.45) is 0. The summed E-state index contributed by atoms with van der Waals surface area (Å²) in [6, 6.07) is 8.33. The zero-order valence-corrected chi connectivity index (χ0v) is 13.5. The Balaban J connectivity index is 2.98. The van der Waals surface area contributed by atoms with E-state index < -0.39 is 19.0 Å². The Morgan fingerprint density at radius 1 is 1.27 bits per heavy atom. The van der Waals surface area contributed by atoms with Crippen LogP contribution < -0.4 is 0 Å². The minimum absolute atomic E-state index is 0.0592. The number of benzene rings is 1. The highest BCUT2D eigenvalue weighted by Crippen LogP contribution is 2.49. The quantitative estimate of drug-likeness (QED) is 0.330. The number of hydrogen-bond acceptors (Lipinski definition) is 7. The van der Waals surface area contributed by atoms with Gasteiger partial charge in [-0.05, 0) is 32.4 Å². The first-order valence-corrected chi connectivity index (χ1v) is 8.17. The zero-order chi connectivity index (χ0) is 16.6. The van der Waals surface area contributed by atoms with Crippen LogP contribution in [0, 0.1) is 18.3 Å². The summed E-state index contributed by atoms with van der Waals surface area (Å²) in [5.41, 5.74) is 0.392. The lowest BCUT2D eigenvalue weighted by atomic mass is 10.1. The van der Waals surface area contributed by atoms with Gasteiger partial charge in [0.25, 0.3) is 5.45 Å². The average Bonchev–Trinajstić information content (AvgIpc) is 2.48. The Bertz CT molecular complexity index is 641. The van der Waals surface area contributed by atoms with Crippen molar-refractivity contribution in [3.05, 3.63) is 35.4 Å². The second-order valence-corrected chi connectivity index (χ2v) is 5.99. The van der Waals surface area contributed by atoms with E-state index in [1.807, 2.05) is 0 Å². The van der Waals surface area contributed by atoms with Gasteiger partial charge < -0.3 is 13.9 Å². The first-order valence-electron chi connectivity index (χ1n) is 6.63. The number of nitrogens with zero attached hydrogens (tertiary/aromatic N) is 2. The molecule has 0 N–H and O–H groups in total. The molecule has 0 aliphatic heterocycles. The van der Waals surface area contributed by atoms with E-state index in [2.05, 4.69) is 5.16 Å². The zero-order valence-electron chi connectivity index (χ0n) is 12.6. The second-order valence-electron chi connectivity index (χ2n) is 4.05. The lowest BCUT2D eigenvalue weighted by Crippen LogP contribution is -2.09. The standard InChI is InChI=1S/C14H17N2O5P/c1-4-19-22(18,20-5-2)13(10-15)16-21-14(17)12-9-7-6-8-11(12)3/h6-9H,4-5H2,1-3H3/b16-13-. The predicted molar refractivity (Wildman–Crippen MR) is 80.5 cm³/mol. The number of rotatable bonds is 7. The largest absolute Gasteiger partial charge is 0.393 e. The van der Waals surface area contributed by atoms with Gasteiger partial charge in [0.2, 0.25) is 0 Å². The molecule has 0 heterocycles. The summed E-state index contributed by atoms with van der Waals surface area (Å²) in [5.74, 6) is -0.759. The van der Waals surface area contributed by atoms with Crippen LogP contribution in [0.1, 0.15) is 29.8 Å². The van der Waals surface area contributed by atoms with Gasteiger partial charge >= 0.3 is 13.6 Å². The molecule has 0 saturated heterocycles.